The van der Waals surface area contributed by atoms with E-state index in [2.05, 4.69) is 31.1 Å². The molecule has 0 aromatic heterocycles. The molecule has 0 bridgehead atoms. The minimum absolute atomic E-state index is 0.140. The van der Waals surface area contributed by atoms with Crippen LogP contribution in [0.4, 0.5) is 0 Å². The summed E-state index contributed by atoms with van der Waals surface area (Å²) in [6.45, 7) is 5.50. The maximum Gasteiger partial charge on any atom is 0.223 e. The Hall–Kier alpha value is -0.610. The molecule has 4 heteroatoms. The van der Waals surface area contributed by atoms with Gasteiger partial charge in [0.1, 0.15) is 0 Å². The van der Waals surface area contributed by atoms with Gasteiger partial charge in [-0.3, -0.25) is 4.79 Å². The number of hydrogen-bond acceptors (Lipinski definition) is 3. The highest BCUT2D eigenvalue weighted by Gasteiger charge is 2.31. The third-order valence-electron chi connectivity index (χ3n) is 5.18. The normalized spacial score (nSPS) is 40.9. The van der Waals surface area contributed by atoms with E-state index in [1.165, 1.54) is 0 Å². The number of carbonyl (C=O) groups is 1. The highest BCUT2D eigenvalue weighted by atomic mass is 16.1. The lowest BCUT2D eigenvalue weighted by Crippen LogP contribution is -2.50. The van der Waals surface area contributed by atoms with Gasteiger partial charge in [0.2, 0.25) is 5.91 Å². The minimum Gasteiger partial charge on any atom is -0.353 e. The molecule has 2 fully saturated rings. The molecule has 1 saturated carbocycles. The Balaban J connectivity index is 1.81. The molecule has 3 N–H and O–H groups in total. The van der Waals surface area contributed by atoms with Crippen LogP contribution in [0.3, 0.4) is 0 Å². The zero-order valence-electron chi connectivity index (χ0n) is 12.6. The Morgan fingerprint density at radius 2 is 1.95 bits per heavy atom. The molecule has 19 heavy (non-hydrogen) atoms. The first-order valence-electron chi connectivity index (χ1n) is 7.73. The van der Waals surface area contributed by atoms with Crippen LogP contribution >= 0.6 is 0 Å². The van der Waals surface area contributed by atoms with Gasteiger partial charge >= 0.3 is 0 Å². The van der Waals surface area contributed by atoms with E-state index in [9.17, 15) is 4.79 Å². The van der Waals surface area contributed by atoms with Crippen LogP contribution in [0.25, 0.3) is 0 Å². The first kappa shape index (κ1) is 14.8. The Kier molecular flexibility index (Phi) is 4.85. The van der Waals surface area contributed by atoms with Crippen LogP contribution < -0.4 is 11.1 Å². The maximum absolute atomic E-state index is 12.3. The molecule has 5 unspecified atom stereocenters. The number of nitrogens with two attached hydrogens (primary N) is 1. The highest BCUT2D eigenvalue weighted by Crippen LogP contribution is 2.28. The smallest absolute Gasteiger partial charge is 0.223 e. The van der Waals surface area contributed by atoms with Crippen LogP contribution in [0.15, 0.2) is 0 Å². The van der Waals surface area contributed by atoms with Crippen LogP contribution in [0.1, 0.15) is 46.0 Å². The molecule has 1 saturated heterocycles. The average Bonchev–Trinajstić information content (AvgIpc) is 2.37. The van der Waals surface area contributed by atoms with Crippen LogP contribution in [-0.2, 0) is 4.79 Å². The molecule has 4 nitrogen and oxygen atoms in total. The standard InChI is InChI=1S/C15H29N3O/c1-10-4-5-12(9-14(10)16)15(19)17-13-6-7-18(3)11(2)8-13/h10-14H,4-9,16H2,1-3H3,(H,17,19). The summed E-state index contributed by atoms with van der Waals surface area (Å²) in [5.41, 5.74) is 6.09. The number of piperidine rings is 1. The van der Waals surface area contributed by atoms with Crippen LogP contribution in [0.2, 0.25) is 0 Å². The van der Waals surface area contributed by atoms with Crippen molar-refractivity contribution in [3.8, 4) is 0 Å². The van der Waals surface area contributed by atoms with Gasteiger partial charge in [-0.1, -0.05) is 6.92 Å². The quantitative estimate of drug-likeness (QED) is 0.794. The van der Waals surface area contributed by atoms with E-state index in [-0.39, 0.29) is 17.9 Å². The number of nitrogens with one attached hydrogen (secondary N) is 1. The molecular formula is C15H29N3O. The first-order valence-corrected chi connectivity index (χ1v) is 7.73. The Bertz CT molecular complexity index is 321. The van der Waals surface area contributed by atoms with E-state index in [0.717, 1.165) is 38.6 Å². The van der Waals surface area contributed by atoms with Gasteiger partial charge in [-0.25, -0.2) is 0 Å². The van der Waals surface area contributed by atoms with Crippen LogP contribution in [0.5, 0.6) is 0 Å². The second kappa shape index (κ2) is 6.23. The Morgan fingerprint density at radius 3 is 2.58 bits per heavy atom. The van der Waals surface area contributed by atoms with E-state index >= 15 is 0 Å². The summed E-state index contributed by atoms with van der Waals surface area (Å²) in [5.74, 6) is 0.942. The molecule has 0 radical (unpaired) electrons. The number of carbonyl (C=O) groups excluding carboxylic acids is 1. The van der Waals surface area contributed by atoms with E-state index in [1.807, 2.05) is 0 Å². The van der Waals surface area contributed by atoms with E-state index < -0.39 is 0 Å². The largest absolute Gasteiger partial charge is 0.353 e. The van der Waals surface area contributed by atoms with Gasteiger partial charge in [0.15, 0.2) is 0 Å². The molecule has 5 atom stereocenters. The van der Waals surface area contributed by atoms with Gasteiger partial charge in [-0.2, -0.15) is 0 Å². The summed E-state index contributed by atoms with van der Waals surface area (Å²) in [5, 5.41) is 3.25. The number of hydrogen-bond donors (Lipinski definition) is 2. The van der Waals surface area contributed by atoms with Crippen molar-refractivity contribution in [1.29, 1.82) is 0 Å². The zero-order chi connectivity index (χ0) is 14.0. The lowest BCUT2D eigenvalue weighted by atomic mass is 9.79. The number of nitrogens with zero attached hydrogens (tertiary/aromatic N) is 1. The predicted molar refractivity (Wildman–Crippen MR) is 77.7 cm³/mol. The zero-order valence-corrected chi connectivity index (χ0v) is 12.6. The molecule has 1 amide bonds. The number of likely N-dealkylation sites (tertiary alicyclic amines) is 1. The second-order valence-corrected chi connectivity index (χ2v) is 6.71. The lowest BCUT2D eigenvalue weighted by Gasteiger charge is -2.37. The second-order valence-electron chi connectivity index (χ2n) is 6.71. The third kappa shape index (κ3) is 3.69. The molecule has 0 aromatic rings. The van der Waals surface area contributed by atoms with E-state index in [0.29, 0.717) is 18.0 Å². The van der Waals surface area contributed by atoms with Crippen LogP contribution in [-0.4, -0.2) is 42.5 Å². The number of rotatable bonds is 2. The van der Waals surface area contributed by atoms with Crippen molar-refractivity contribution in [3.05, 3.63) is 0 Å². The van der Waals surface area contributed by atoms with E-state index in [4.69, 9.17) is 5.73 Å². The summed E-state index contributed by atoms with van der Waals surface area (Å²) in [6, 6.07) is 1.11. The summed E-state index contributed by atoms with van der Waals surface area (Å²) in [7, 11) is 2.16. The minimum atomic E-state index is 0.140. The van der Waals surface area contributed by atoms with Gasteiger partial charge in [-0.05, 0) is 52.0 Å². The molecule has 1 aliphatic carbocycles. The molecule has 2 aliphatic rings. The summed E-state index contributed by atoms with van der Waals surface area (Å²) < 4.78 is 0. The molecule has 110 valence electrons. The summed E-state index contributed by atoms with van der Waals surface area (Å²) >= 11 is 0. The highest BCUT2D eigenvalue weighted by molar-refractivity contribution is 5.79. The van der Waals surface area contributed by atoms with Crippen molar-refractivity contribution in [2.45, 2.75) is 64.1 Å². The fraction of sp³-hybridized carbons (Fsp3) is 0.933. The van der Waals surface area contributed by atoms with Gasteiger partial charge < -0.3 is 16.0 Å². The molecular weight excluding hydrogens is 238 g/mol. The topological polar surface area (TPSA) is 58.4 Å². The summed E-state index contributed by atoms with van der Waals surface area (Å²) in [6.07, 6.45) is 5.08. The van der Waals surface area contributed by atoms with Crippen molar-refractivity contribution < 1.29 is 4.79 Å². The molecule has 0 aromatic carbocycles. The van der Waals surface area contributed by atoms with Crippen molar-refractivity contribution in [1.82, 2.24) is 10.2 Å². The molecule has 2 rings (SSSR count). The van der Waals surface area contributed by atoms with Crippen molar-refractivity contribution >= 4 is 5.91 Å². The average molecular weight is 267 g/mol. The Labute approximate surface area is 117 Å². The number of amides is 1. The molecule has 0 spiro atoms. The van der Waals surface area contributed by atoms with Gasteiger partial charge in [0.25, 0.3) is 0 Å². The van der Waals surface area contributed by atoms with E-state index in [1.54, 1.807) is 0 Å². The van der Waals surface area contributed by atoms with Gasteiger partial charge in [0.05, 0.1) is 0 Å². The van der Waals surface area contributed by atoms with Crippen LogP contribution in [0, 0.1) is 11.8 Å². The fourth-order valence-electron chi connectivity index (χ4n) is 3.33. The first-order chi connectivity index (χ1) is 8.97. The van der Waals surface area contributed by atoms with Crippen molar-refractivity contribution in [2.75, 3.05) is 13.6 Å². The van der Waals surface area contributed by atoms with Crippen molar-refractivity contribution in [2.24, 2.45) is 17.6 Å². The van der Waals surface area contributed by atoms with Gasteiger partial charge in [-0.15, -0.1) is 0 Å². The monoisotopic (exact) mass is 267 g/mol. The predicted octanol–water partition coefficient (Wildman–Crippen LogP) is 1.35. The molecule has 1 aliphatic heterocycles. The van der Waals surface area contributed by atoms with Gasteiger partial charge in [0, 0.05) is 30.6 Å². The lowest BCUT2D eigenvalue weighted by molar-refractivity contribution is -0.127. The summed E-state index contributed by atoms with van der Waals surface area (Å²) in [4.78, 5) is 14.7. The van der Waals surface area contributed by atoms with Crippen molar-refractivity contribution in [3.63, 3.8) is 0 Å². The third-order valence-corrected chi connectivity index (χ3v) is 5.18. The fourth-order valence-corrected chi connectivity index (χ4v) is 3.33. The SMILES string of the molecule is CC1CCC(C(=O)NC2CCN(C)C(C)C2)CC1N. The molecule has 1 heterocycles. The Morgan fingerprint density at radius 1 is 1.21 bits per heavy atom. The maximum atomic E-state index is 12.3.